The zero-order valence-corrected chi connectivity index (χ0v) is 21.5. The predicted molar refractivity (Wildman–Crippen MR) is 137 cm³/mol. The maximum Gasteiger partial charge on any atom is 0.410 e. The van der Waals surface area contributed by atoms with Gasteiger partial charge in [0.15, 0.2) is 5.65 Å². The minimum absolute atomic E-state index is 0.0501. The summed E-state index contributed by atoms with van der Waals surface area (Å²) in [5, 5.41) is 0.804. The van der Waals surface area contributed by atoms with Crippen molar-refractivity contribution in [3.63, 3.8) is 0 Å². The van der Waals surface area contributed by atoms with Crippen molar-refractivity contribution in [2.24, 2.45) is 0 Å². The van der Waals surface area contributed by atoms with Gasteiger partial charge in [0.05, 0.1) is 24.3 Å². The van der Waals surface area contributed by atoms with E-state index in [1.807, 2.05) is 40.0 Å². The van der Waals surface area contributed by atoms with Crippen LogP contribution in [0.25, 0.3) is 22.3 Å². The standard InChI is InChI=1S/C27H31F2N5O3/c1-17-14-32(26(35)37-27(2,3)4)7-8-33(17)24-23-22(18-5-9-36-10-6-18)15-34(25(23)31-16-30-24)21-12-19(28)11-20(29)13-21/h5,11-13,15-17H,6-10,14H2,1-4H3/t17-/m0/s1. The lowest BCUT2D eigenvalue weighted by Gasteiger charge is -2.41. The molecule has 0 bridgehead atoms. The van der Waals surface area contributed by atoms with E-state index in [9.17, 15) is 13.6 Å². The first-order valence-corrected chi connectivity index (χ1v) is 12.4. The third-order valence-corrected chi connectivity index (χ3v) is 6.55. The number of benzene rings is 1. The summed E-state index contributed by atoms with van der Waals surface area (Å²) in [5.41, 5.74) is 2.30. The van der Waals surface area contributed by atoms with Crippen LogP contribution < -0.4 is 4.90 Å². The van der Waals surface area contributed by atoms with E-state index in [0.717, 1.165) is 28.4 Å². The lowest BCUT2D eigenvalue weighted by molar-refractivity contribution is 0.0218. The van der Waals surface area contributed by atoms with E-state index < -0.39 is 17.2 Å². The van der Waals surface area contributed by atoms with Gasteiger partial charge >= 0.3 is 6.09 Å². The van der Waals surface area contributed by atoms with Crippen molar-refractivity contribution in [2.75, 3.05) is 37.7 Å². The molecule has 0 N–H and O–H groups in total. The van der Waals surface area contributed by atoms with Gasteiger partial charge in [0.2, 0.25) is 0 Å². The molecule has 0 aliphatic carbocycles. The quantitative estimate of drug-likeness (QED) is 0.496. The molecule has 1 amide bonds. The fourth-order valence-electron chi connectivity index (χ4n) is 4.92. The van der Waals surface area contributed by atoms with Crippen LogP contribution in [0, 0.1) is 11.6 Å². The smallest absolute Gasteiger partial charge is 0.410 e. The Morgan fingerprint density at radius 3 is 2.54 bits per heavy atom. The van der Waals surface area contributed by atoms with E-state index in [0.29, 0.717) is 50.6 Å². The third-order valence-electron chi connectivity index (χ3n) is 6.55. The molecule has 2 aliphatic heterocycles. The number of rotatable bonds is 3. The molecule has 1 aromatic carbocycles. The van der Waals surface area contributed by atoms with Gasteiger partial charge in [0, 0.05) is 43.5 Å². The molecule has 0 unspecified atom stereocenters. The van der Waals surface area contributed by atoms with Crippen molar-refractivity contribution in [2.45, 2.75) is 45.8 Å². The molecule has 196 valence electrons. The van der Waals surface area contributed by atoms with Crippen LogP contribution in [0.15, 0.2) is 36.8 Å². The normalized spacial score (nSPS) is 18.8. The number of hydrogen-bond acceptors (Lipinski definition) is 6. The van der Waals surface area contributed by atoms with E-state index in [2.05, 4.69) is 14.9 Å². The zero-order valence-electron chi connectivity index (χ0n) is 21.5. The molecule has 0 radical (unpaired) electrons. The Labute approximate surface area is 214 Å². The monoisotopic (exact) mass is 511 g/mol. The topological polar surface area (TPSA) is 72.7 Å². The number of carbonyl (C=O) groups excluding carboxylic acids is 1. The summed E-state index contributed by atoms with van der Waals surface area (Å²) >= 11 is 0. The number of carbonyl (C=O) groups is 1. The number of halogens is 2. The first kappa shape index (κ1) is 25.1. The number of hydrogen-bond donors (Lipinski definition) is 0. The summed E-state index contributed by atoms with van der Waals surface area (Å²) in [6.45, 7) is 10.2. The summed E-state index contributed by atoms with van der Waals surface area (Å²) in [6, 6.07) is 3.37. The van der Waals surface area contributed by atoms with Gasteiger partial charge in [0.1, 0.15) is 29.4 Å². The lowest BCUT2D eigenvalue weighted by atomic mass is 10.0. The van der Waals surface area contributed by atoms with Gasteiger partial charge in [-0.25, -0.2) is 23.5 Å². The van der Waals surface area contributed by atoms with Crippen LogP contribution >= 0.6 is 0 Å². The Kier molecular flexibility index (Phi) is 6.61. The molecular formula is C27H31F2N5O3. The van der Waals surface area contributed by atoms with E-state index in [4.69, 9.17) is 9.47 Å². The van der Waals surface area contributed by atoms with Gasteiger partial charge in [-0.2, -0.15) is 0 Å². The van der Waals surface area contributed by atoms with Crippen molar-refractivity contribution in [3.05, 3.63) is 54.0 Å². The van der Waals surface area contributed by atoms with Crippen LogP contribution in [0.4, 0.5) is 19.4 Å². The van der Waals surface area contributed by atoms with Gasteiger partial charge in [-0.3, -0.25) is 0 Å². The molecule has 4 heterocycles. The second kappa shape index (κ2) is 9.74. The van der Waals surface area contributed by atoms with E-state index >= 15 is 0 Å². The molecule has 10 heteroatoms. The number of ether oxygens (including phenoxy) is 2. The van der Waals surface area contributed by atoms with Gasteiger partial charge in [-0.1, -0.05) is 6.08 Å². The molecule has 2 aromatic heterocycles. The Morgan fingerprint density at radius 2 is 1.89 bits per heavy atom. The fraction of sp³-hybridized carbons (Fsp3) is 0.444. The van der Waals surface area contributed by atoms with Crippen molar-refractivity contribution >= 4 is 28.5 Å². The highest BCUT2D eigenvalue weighted by atomic mass is 19.1. The summed E-state index contributed by atoms with van der Waals surface area (Å²) in [4.78, 5) is 25.7. The lowest BCUT2D eigenvalue weighted by Crippen LogP contribution is -2.54. The molecule has 0 spiro atoms. The van der Waals surface area contributed by atoms with Crippen LogP contribution in [0.1, 0.15) is 39.7 Å². The second-order valence-electron chi connectivity index (χ2n) is 10.5. The molecule has 1 saturated heterocycles. The fourth-order valence-corrected chi connectivity index (χ4v) is 4.92. The summed E-state index contributed by atoms with van der Waals surface area (Å²) in [6.07, 6.45) is 5.73. The maximum absolute atomic E-state index is 14.1. The Bertz CT molecular complexity index is 1340. The zero-order chi connectivity index (χ0) is 26.3. The SMILES string of the molecule is C[C@H]1CN(C(=O)OC(C)(C)C)CCN1c1ncnc2c1c(C1=CCOCC1)cn2-c1cc(F)cc(F)c1. The van der Waals surface area contributed by atoms with Crippen LogP contribution in [-0.4, -0.2) is 70.0 Å². The van der Waals surface area contributed by atoms with Crippen molar-refractivity contribution < 1.29 is 23.0 Å². The highest BCUT2D eigenvalue weighted by Gasteiger charge is 2.32. The first-order valence-electron chi connectivity index (χ1n) is 12.4. The van der Waals surface area contributed by atoms with Gasteiger partial charge in [-0.15, -0.1) is 0 Å². The minimum Gasteiger partial charge on any atom is -0.444 e. The van der Waals surface area contributed by atoms with Crippen molar-refractivity contribution in [1.29, 1.82) is 0 Å². The van der Waals surface area contributed by atoms with Crippen LogP contribution in [0.3, 0.4) is 0 Å². The van der Waals surface area contributed by atoms with E-state index in [1.54, 1.807) is 9.47 Å². The molecule has 5 rings (SSSR count). The van der Waals surface area contributed by atoms with Crippen molar-refractivity contribution in [1.82, 2.24) is 19.4 Å². The number of aromatic nitrogens is 3. The predicted octanol–water partition coefficient (Wildman–Crippen LogP) is 4.95. The molecule has 2 aliphatic rings. The van der Waals surface area contributed by atoms with Crippen LogP contribution in [-0.2, 0) is 9.47 Å². The average Bonchev–Trinajstić information content (AvgIpc) is 3.23. The van der Waals surface area contributed by atoms with Crippen LogP contribution in [0.5, 0.6) is 0 Å². The van der Waals surface area contributed by atoms with E-state index in [1.165, 1.54) is 18.5 Å². The Morgan fingerprint density at radius 1 is 1.14 bits per heavy atom. The molecule has 3 aromatic rings. The maximum atomic E-state index is 14.1. The summed E-state index contributed by atoms with van der Waals surface area (Å²) < 4.78 is 41.1. The molecule has 37 heavy (non-hydrogen) atoms. The highest BCUT2D eigenvalue weighted by Crippen LogP contribution is 2.37. The van der Waals surface area contributed by atoms with Crippen molar-refractivity contribution in [3.8, 4) is 5.69 Å². The third kappa shape index (κ3) is 5.16. The Balaban J connectivity index is 1.57. The molecule has 1 atom stereocenters. The molecular weight excluding hydrogens is 480 g/mol. The highest BCUT2D eigenvalue weighted by molar-refractivity contribution is 5.99. The molecule has 0 saturated carbocycles. The first-order chi connectivity index (χ1) is 17.6. The Hall–Kier alpha value is -3.53. The molecule has 8 nitrogen and oxygen atoms in total. The van der Waals surface area contributed by atoms with Gasteiger partial charge in [-0.05, 0) is 51.8 Å². The number of nitrogens with zero attached hydrogens (tertiary/aromatic N) is 5. The number of fused-ring (bicyclic) bond motifs is 1. The summed E-state index contributed by atoms with van der Waals surface area (Å²) in [5.74, 6) is -0.603. The van der Waals surface area contributed by atoms with Gasteiger partial charge < -0.3 is 23.8 Å². The second-order valence-corrected chi connectivity index (χ2v) is 10.5. The summed E-state index contributed by atoms with van der Waals surface area (Å²) in [7, 11) is 0. The molecule has 1 fully saturated rings. The van der Waals surface area contributed by atoms with E-state index in [-0.39, 0.29) is 12.1 Å². The van der Waals surface area contributed by atoms with Gasteiger partial charge in [0.25, 0.3) is 0 Å². The largest absolute Gasteiger partial charge is 0.444 e. The average molecular weight is 512 g/mol. The number of amides is 1. The number of anilines is 1. The number of piperazine rings is 1. The minimum atomic E-state index is -0.662. The van der Waals surface area contributed by atoms with Crippen LogP contribution in [0.2, 0.25) is 0 Å².